The van der Waals surface area contributed by atoms with E-state index in [1.807, 2.05) is 54.4 Å². The summed E-state index contributed by atoms with van der Waals surface area (Å²) < 4.78 is 6.19. The summed E-state index contributed by atoms with van der Waals surface area (Å²) in [6, 6.07) is 16.6. The minimum absolute atomic E-state index is 0.0529. The SMILES string of the molecule is CN(CCc1cnc(C(O)(c2ccccc2)C2CCCCC2)o1)C(CC(N)=O)c1ccc(C=O)cc1. The number of primary amides is 1. The largest absolute Gasteiger partial charge is 0.442 e. The third-order valence-corrected chi connectivity index (χ3v) is 7.38. The predicted octanol–water partition coefficient (Wildman–Crippen LogP) is 4.39. The highest BCUT2D eigenvalue weighted by molar-refractivity contribution is 5.76. The number of oxazole rings is 1. The molecule has 0 saturated heterocycles. The number of nitrogens with two attached hydrogens (primary N) is 1. The third kappa shape index (κ3) is 5.74. The number of rotatable bonds is 11. The predicted molar refractivity (Wildman–Crippen MR) is 137 cm³/mol. The Balaban J connectivity index is 1.51. The first-order chi connectivity index (χ1) is 17.4. The van der Waals surface area contributed by atoms with E-state index in [0.29, 0.717) is 30.2 Å². The molecule has 2 aromatic carbocycles. The highest BCUT2D eigenvalue weighted by atomic mass is 16.4. The number of likely N-dealkylation sites (N-methyl/N-ethyl adjacent to an activating group) is 1. The van der Waals surface area contributed by atoms with Crippen molar-refractivity contribution in [1.29, 1.82) is 0 Å². The first-order valence-corrected chi connectivity index (χ1v) is 12.7. The van der Waals surface area contributed by atoms with Crippen molar-refractivity contribution in [1.82, 2.24) is 9.88 Å². The number of amides is 1. The summed E-state index contributed by atoms with van der Waals surface area (Å²) in [5.74, 6) is 0.679. The molecular formula is C29H35N3O4. The maximum absolute atomic E-state index is 12.0. The van der Waals surface area contributed by atoms with E-state index in [1.165, 1.54) is 6.42 Å². The Bertz CT molecular complexity index is 1140. The molecule has 1 aliphatic rings. The van der Waals surface area contributed by atoms with Crippen LogP contribution in [0.5, 0.6) is 0 Å². The smallest absolute Gasteiger partial charge is 0.231 e. The Morgan fingerprint density at radius 3 is 2.50 bits per heavy atom. The standard InChI is InChI=1S/C29H35N3O4/c1-32(26(18-27(30)34)22-14-12-21(20-33)13-15-22)17-16-25-19-31-28(36-25)29(35,23-8-4-2-5-9-23)24-10-6-3-7-11-24/h2,4-5,8-9,12-15,19-20,24,26,35H,3,6-7,10-11,16-18H2,1H3,(H2,30,34). The lowest BCUT2D eigenvalue weighted by Gasteiger charge is -2.36. The minimum Gasteiger partial charge on any atom is -0.442 e. The van der Waals surface area contributed by atoms with Crippen LogP contribution in [-0.4, -0.2) is 40.8 Å². The summed E-state index contributed by atoms with van der Waals surface area (Å²) in [6.07, 6.45) is 8.45. The van der Waals surface area contributed by atoms with Gasteiger partial charge in [0.15, 0.2) is 5.60 Å². The number of hydrogen-bond acceptors (Lipinski definition) is 6. The number of carbonyl (C=O) groups excluding carboxylic acids is 2. The van der Waals surface area contributed by atoms with Crippen molar-refractivity contribution in [3.8, 4) is 0 Å². The molecule has 7 heteroatoms. The van der Waals surface area contributed by atoms with Gasteiger partial charge in [-0.25, -0.2) is 4.98 Å². The number of hydrogen-bond donors (Lipinski definition) is 2. The lowest BCUT2D eigenvalue weighted by atomic mass is 9.73. The molecule has 1 saturated carbocycles. The third-order valence-electron chi connectivity index (χ3n) is 7.38. The normalized spacial score (nSPS) is 17.0. The molecular weight excluding hydrogens is 454 g/mol. The van der Waals surface area contributed by atoms with Gasteiger partial charge in [-0.05, 0) is 31.0 Å². The van der Waals surface area contributed by atoms with Crippen LogP contribution >= 0.6 is 0 Å². The van der Waals surface area contributed by atoms with E-state index in [0.717, 1.165) is 43.1 Å². The van der Waals surface area contributed by atoms with Gasteiger partial charge in [-0.15, -0.1) is 0 Å². The Labute approximate surface area is 212 Å². The zero-order valence-electron chi connectivity index (χ0n) is 20.8. The van der Waals surface area contributed by atoms with Crippen LogP contribution in [0.4, 0.5) is 0 Å². The highest BCUT2D eigenvalue weighted by Crippen LogP contribution is 2.43. The number of nitrogens with zero attached hydrogens (tertiary/aromatic N) is 2. The Morgan fingerprint density at radius 1 is 1.17 bits per heavy atom. The van der Waals surface area contributed by atoms with Crippen LogP contribution in [0.1, 0.15) is 77.7 Å². The average molecular weight is 490 g/mol. The van der Waals surface area contributed by atoms with Crippen molar-refractivity contribution in [3.05, 3.63) is 89.1 Å². The number of benzene rings is 2. The lowest BCUT2D eigenvalue weighted by Crippen LogP contribution is -2.38. The molecule has 4 rings (SSSR count). The quantitative estimate of drug-likeness (QED) is 0.387. The average Bonchev–Trinajstić information content (AvgIpc) is 3.40. The lowest BCUT2D eigenvalue weighted by molar-refractivity contribution is -0.119. The van der Waals surface area contributed by atoms with Crippen molar-refractivity contribution in [3.63, 3.8) is 0 Å². The van der Waals surface area contributed by atoms with Crippen molar-refractivity contribution in [2.24, 2.45) is 11.7 Å². The number of aldehydes is 1. The molecule has 1 fully saturated rings. The first-order valence-electron chi connectivity index (χ1n) is 12.7. The second-order valence-electron chi connectivity index (χ2n) is 9.80. The van der Waals surface area contributed by atoms with Crippen molar-refractivity contribution < 1.29 is 19.1 Å². The van der Waals surface area contributed by atoms with Crippen LogP contribution in [0.2, 0.25) is 0 Å². The molecule has 0 aliphatic heterocycles. The molecule has 1 heterocycles. The molecule has 0 bridgehead atoms. The summed E-state index contributed by atoms with van der Waals surface area (Å²) in [4.78, 5) is 29.4. The van der Waals surface area contributed by atoms with Crippen LogP contribution < -0.4 is 5.73 Å². The summed E-state index contributed by atoms with van der Waals surface area (Å²) in [5, 5.41) is 12.0. The Kier molecular flexibility index (Phi) is 8.33. The first kappa shape index (κ1) is 25.8. The van der Waals surface area contributed by atoms with Gasteiger partial charge < -0.3 is 15.3 Å². The molecule has 2 unspecified atom stereocenters. The monoisotopic (exact) mass is 489 g/mol. The van der Waals surface area contributed by atoms with Gasteiger partial charge in [-0.1, -0.05) is 73.9 Å². The molecule has 3 N–H and O–H groups in total. The second kappa shape index (κ2) is 11.6. The fraction of sp³-hybridized carbons (Fsp3) is 0.414. The van der Waals surface area contributed by atoms with Crippen LogP contribution in [-0.2, 0) is 16.8 Å². The topological polar surface area (TPSA) is 110 Å². The fourth-order valence-corrected chi connectivity index (χ4v) is 5.30. The molecule has 3 aromatic rings. The number of carbonyl (C=O) groups is 2. The molecule has 7 nitrogen and oxygen atoms in total. The molecule has 1 amide bonds. The van der Waals surface area contributed by atoms with Gasteiger partial charge in [0, 0.05) is 36.9 Å². The van der Waals surface area contributed by atoms with Gasteiger partial charge in [0.05, 0.1) is 6.20 Å². The van der Waals surface area contributed by atoms with E-state index in [2.05, 4.69) is 4.98 Å². The molecule has 190 valence electrons. The Hall–Kier alpha value is -3.29. The van der Waals surface area contributed by atoms with Crippen LogP contribution in [0.3, 0.4) is 0 Å². The summed E-state index contributed by atoms with van der Waals surface area (Å²) >= 11 is 0. The van der Waals surface area contributed by atoms with Crippen LogP contribution in [0.25, 0.3) is 0 Å². The van der Waals surface area contributed by atoms with Gasteiger partial charge in [-0.3, -0.25) is 14.5 Å². The Morgan fingerprint density at radius 2 is 1.86 bits per heavy atom. The van der Waals surface area contributed by atoms with Crippen molar-refractivity contribution in [2.45, 2.75) is 56.6 Å². The van der Waals surface area contributed by atoms with Crippen LogP contribution in [0.15, 0.2) is 65.2 Å². The highest BCUT2D eigenvalue weighted by Gasteiger charge is 2.44. The zero-order valence-corrected chi connectivity index (χ0v) is 20.8. The molecule has 1 aliphatic carbocycles. The van der Waals surface area contributed by atoms with E-state index in [4.69, 9.17) is 10.2 Å². The summed E-state index contributed by atoms with van der Waals surface area (Å²) in [6.45, 7) is 0.592. The van der Waals surface area contributed by atoms with Crippen molar-refractivity contribution in [2.75, 3.05) is 13.6 Å². The fourth-order valence-electron chi connectivity index (χ4n) is 5.30. The summed E-state index contributed by atoms with van der Waals surface area (Å²) in [5.41, 5.74) is 6.57. The zero-order chi connectivity index (χ0) is 25.5. The van der Waals surface area contributed by atoms with E-state index < -0.39 is 11.5 Å². The van der Waals surface area contributed by atoms with E-state index >= 15 is 0 Å². The van der Waals surface area contributed by atoms with Gasteiger partial charge in [0.25, 0.3) is 0 Å². The maximum atomic E-state index is 12.0. The molecule has 36 heavy (non-hydrogen) atoms. The maximum Gasteiger partial charge on any atom is 0.231 e. The van der Waals surface area contributed by atoms with Gasteiger partial charge in [0.2, 0.25) is 11.8 Å². The van der Waals surface area contributed by atoms with E-state index in [9.17, 15) is 14.7 Å². The molecule has 0 spiro atoms. The van der Waals surface area contributed by atoms with Crippen molar-refractivity contribution >= 4 is 12.2 Å². The summed E-state index contributed by atoms with van der Waals surface area (Å²) in [7, 11) is 1.93. The van der Waals surface area contributed by atoms with Gasteiger partial charge in [-0.2, -0.15) is 0 Å². The van der Waals surface area contributed by atoms with Gasteiger partial charge in [0.1, 0.15) is 12.0 Å². The second-order valence-corrected chi connectivity index (χ2v) is 9.80. The van der Waals surface area contributed by atoms with E-state index in [1.54, 1.807) is 18.3 Å². The van der Waals surface area contributed by atoms with Gasteiger partial charge >= 0.3 is 0 Å². The molecule has 0 radical (unpaired) electrons. The minimum atomic E-state index is -1.26. The number of aliphatic hydroxyl groups is 1. The number of aromatic nitrogens is 1. The van der Waals surface area contributed by atoms with E-state index in [-0.39, 0.29) is 18.4 Å². The molecule has 1 aromatic heterocycles. The van der Waals surface area contributed by atoms with Crippen LogP contribution in [0, 0.1) is 5.92 Å². The molecule has 2 atom stereocenters.